The molecule has 2 fully saturated rings. The number of methoxy groups -OCH3 is 2. The number of hydrogen-bond acceptors (Lipinski definition) is 7. The zero-order chi connectivity index (χ0) is 25.5. The number of fused-ring (bicyclic) bond motifs is 1. The Hall–Kier alpha value is -3.24. The molecule has 0 spiro atoms. The van der Waals surface area contributed by atoms with E-state index in [9.17, 15) is 13.2 Å². The predicted molar refractivity (Wildman–Crippen MR) is 139 cm³/mol. The minimum Gasteiger partial charge on any atom is -0.497 e. The summed E-state index contributed by atoms with van der Waals surface area (Å²) in [6, 6.07) is 10.5. The Morgan fingerprint density at radius 1 is 1.08 bits per heavy atom. The topological polar surface area (TPSA) is 102 Å². The maximum Gasteiger partial charge on any atom is 0.268 e. The van der Waals surface area contributed by atoms with E-state index < -0.39 is 10.0 Å². The van der Waals surface area contributed by atoms with Gasteiger partial charge in [0.25, 0.3) is 10.0 Å². The van der Waals surface area contributed by atoms with Gasteiger partial charge in [-0.25, -0.2) is 12.4 Å². The maximum absolute atomic E-state index is 14.1. The molecule has 0 atom stereocenters. The van der Waals surface area contributed by atoms with Crippen molar-refractivity contribution >= 4 is 32.5 Å². The van der Waals surface area contributed by atoms with Crippen molar-refractivity contribution in [3.05, 3.63) is 48.2 Å². The van der Waals surface area contributed by atoms with E-state index in [1.807, 2.05) is 6.07 Å². The number of amides is 1. The quantitative estimate of drug-likeness (QED) is 0.478. The average molecular weight is 513 g/mol. The first-order chi connectivity index (χ1) is 17.3. The van der Waals surface area contributed by atoms with Gasteiger partial charge in [-0.2, -0.15) is 0 Å². The van der Waals surface area contributed by atoms with E-state index in [0.717, 1.165) is 55.7 Å². The second kappa shape index (κ2) is 9.33. The van der Waals surface area contributed by atoms with Crippen molar-refractivity contribution in [2.24, 2.45) is 0 Å². The van der Waals surface area contributed by atoms with Gasteiger partial charge in [0, 0.05) is 56.6 Å². The Balaban J connectivity index is 1.63. The van der Waals surface area contributed by atoms with Crippen LogP contribution in [-0.2, 0) is 20.2 Å². The molecule has 2 N–H and O–H groups in total. The summed E-state index contributed by atoms with van der Waals surface area (Å²) >= 11 is 0. The van der Waals surface area contributed by atoms with Gasteiger partial charge in [0.05, 0.1) is 30.3 Å². The van der Waals surface area contributed by atoms with Crippen LogP contribution in [0.2, 0.25) is 0 Å². The lowest BCUT2D eigenvalue weighted by Gasteiger charge is -2.30. The Labute approximate surface area is 211 Å². The minimum absolute atomic E-state index is 0.103. The van der Waals surface area contributed by atoms with Crippen molar-refractivity contribution in [3.8, 4) is 11.5 Å². The van der Waals surface area contributed by atoms with Gasteiger partial charge < -0.3 is 25.0 Å². The minimum atomic E-state index is -3.92. The number of benzene rings is 2. The normalized spacial score (nSPS) is 17.1. The van der Waals surface area contributed by atoms with Gasteiger partial charge in [0.2, 0.25) is 5.91 Å². The fraction of sp³-hybridized carbons (Fsp3) is 0.423. The third-order valence-electron chi connectivity index (χ3n) is 7.24. The lowest BCUT2D eigenvalue weighted by molar-refractivity contribution is -0.119. The highest BCUT2D eigenvalue weighted by Crippen LogP contribution is 2.51. The fourth-order valence-corrected chi connectivity index (χ4v) is 6.40. The Kier molecular flexibility index (Phi) is 6.34. The number of nitrogens with one attached hydrogen (secondary N) is 2. The van der Waals surface area contributed by atoms with Gasteiger partial charge in [-0.3, -0.25) is 4.79 Å². The molecule has 1 aliphatic carbocycles. The average Bonchev–Trinajstić information content (AvgIpc) is 3.59. The highest BCUT2D eigenvalue weighted by Gasteiger charge is 2.46. The molecule has 1 saturated carbocycles. The van der Waals surface area contributed by atoms with Crippen LogP contribution in [0.1, 0.15) is 25.3 Å². The molecule has 36 heavy (non-hydrogen) atoms. The molecular weight excluding hydrogens is 480 g/mol. The lowest BCUT2D eigenvalue weighted by atomic mass is 9.95. The smallest absolute Gasteiger partial charge is 0.268 e. The molecule has 1 aliphatic heterocycles. The van der Waals surface area contributed by atoms with Crippen LogP contribution in [-0.4, -0.2) is 65.2 Å². The zero-order valence-corrected chi connectivity index (χ0v) is 21.7. The van der Waals surface area contributed by atoms with E-state index in [1.54, 1.807) is 50.7 Å². The fourth-order valence-electron chi connectivity index (χ4n) is 5.01. The van der Waals surface area contributed by atoms with Crippen molar-refractivity contribution in [1.82, 2.24) is 14.6 Å². The first kappa shape index (κ1) is 24.5. The van der Waals surface area contributed by atoms with E-state index in [0.29, 0.717) is 23.6 Å². The van der Waals surface area contributed by atoms with Crippen molar-refractivity contribution in [2.75, 3.05) is 51.8 Å². The molecule has 10 heteroatoms. The Morgan fingerprint density at radius 2 is 1.83 bits per heavy atom. The second-order valence-corrected chi connectivity index (χ2v) is 11.3. The molecule has 0 unspecified atom stereocenters. The SMILES string of the molecule is COc1ccc2c(c1)c(C1(CNC(C)=O)CC1)cn2S(=O)(=O)c1ccc(OC)c(N2CCNCC2)c1. The number of rotatable bonds is 8. The van der Waals surface area contributed by atoms with E-state index in [2.05, 4.69) is 15.5 Å². The lowest BCUT2D eigenvalue weighted by Crippen LogP contribution is -2.43. The monoisotopic (exact) mass is 512 g/mol. The third-order valence-corrected chi connectivity index (χ3v) is 8.91. The van der Waals surface area contributed by atoms with E-state index in [-0.39, 0.29) is 16.2 Å². The number of piperazine rings is 1. The molecule has 2 aliphatic rings. The molecule has 1 aromatic heterocycles. The number of hydrogen-bond donors (Lipinski definition) is 2. The summed E-state index contributed by atoms with van der Waals surface area (Å²) in [5.74, 6) is 1.19. The molecule has 3 aromatic rings. The largest absolute Gasteiger partial charge is 0.497 e. The maximum atomic E-state index is 14.1. The van der Waals surface area contributed by atoms with Crippen molar-refractivity contribution in [2.45, 2.75) is 30.1 Å². The van der Waals surface area contributed by atoms with Crippen LogP contribution in [0.5, 0.6) is 11.5 Å². The Morgan fingerprint density at radius 3 is 2.47 bits per heavy atom. The summed E-state index contributed by atoms with van der Waals surface area (Å²) in [6.45, 7) is 5.14. The first-order valence-electron chi connectivity index (χ1n) is 12.1. The molecule has 1 amide bonds. The van der Waals surface area contributed by atoms with Crippen LogP contribution in [0.15, 0.2) is 47.5 Å². The molecule has 5 rings (SSSR count). The Bertz CT molecular complexity index is 1410. The summed E-state index contributed by atoms with van der Waals surface area (Å²) in [4.78, 5) is 14.0. The van der Waals surface area contributed by atoms with E-state index in [1.165, 1.54) is 10.9 Å². The van der Waals surface area contributed by atoms with Gasteiger partial charge in [0.15, 0.2) is 0 Å². The van der Waals surface area contributed by atoms with Crippen LogP contribution in [0.4, 0.5) is 5.69 Å². The third kappa shape index (κ3) is 4.28. The van der Waals surface area contributed by atoms with Crippen LogP contribution in [0, 0.1) is 0 Å². The molecule has 2 aromatic carbocycles. The molecule has 0 bridgehead atoms. The summed E-state index contributed by atoms with van der Waals surface area (Å²) in [7, 11) is -0.737. The van der Waals surface area contributed by atoms with Gasteiger partial charge in [-0.05, 0) is 54.8 Å². The summed E-state index contributed by atoms with van der Waals surface area (Å²) in [6.07, 6.45) is 3.47. The standard InChI is InChI=1S/C26H32N4O5S/c1-18(31)28-17-26(8-9-26)22-16-30(23-6-4-19(34-2)14-21(22)23)36(32,33)20-5-7-25(35-3)24(15-20)29-12-10-27-11-13-29/h4-7,14-16,27H,8-13,17H2,1-3H3,(H,28,31). The van der Waals surface area contributed by atoms with Gasteiger partial charge in [-0.1, -0.05) is 0 Å². The molecule has 9 nitrogen and oxygen atoms in total. The van der Waals surface area contributed by atoms with E-state index >= 15 is 0 Å². The highest BCUT2D eigenvalue weighted by molar-refractivity contribution is 7.90. The van der Waals surface area contributed by atoms with E-state index in [4.69, 9.17) is 9.47 Å². The van der Waals surface area contributed by atoms with Gasteiger partial charge in [-0.15, -0.1) is 0 Å². The van der Waals surface area contributed by atoms with Crippen molar-refractivity contribution in [1.29, 1.82) is 0 Å². The van der Waals surface area contributed by atoms with Crippen LogP contribution < -0.4 is 25.0 Å². The molecule has 192 valence electrons. The van der Waals surface area contributed by atoms with Gasteiger partial charge >= 0.3 is 0 Å². The number of anilines is 1. The second-order valence-electron chi connectivity index (χ2n) is 9.49. The molecule has 0 radical (unpaired) electrons. The number of carbonyl (C=O) groups excluding carboxylic acids is 1. The number of ether oxygens (including phenoxy) is 2. The first-order valence-corrected chi connectivity index (χ1v) is 13.6. The molecular formula is C26H32N4O5S. The summed E-state index contributed by atoms with van der Waals surface area (Å²) in [5, 5.41) is 7.06. The summed E-state index contributed by atoms with van der Waals surface area (Å²) < 4.78 is 40.5. The molecule has 2 heterocycles. The zero-order valence-electron chi connectivity index (χ0n) is 20.8. The van der Waals surface area contributed by atoms with Gasteiger partial charge in [0.1, 0.15) is 11.5 Å². The number of nitrogens with zero attached hydrogens (tertiary/aromatic N) is 2. The number of aromatic nitrogens is 1. The van der Waals surface area contributed by atoms with Crippen LogP contribution >= 0.6 is 0 Å². The van der Waals surface area contributed by atoms with Crippen LogP contribution in [0.25, 0.3) is 10.9 Å². The number of carbonyl (C=O) groups is 1. The van der Waals surface area contributed by atoms with Crippen LogP contribution in [0.3, 0.4) is 0 Å². The van der Waals surface area contributed by atoms with Crippen molar-refractivity contribution in [3.63, 3.8) is 0 Å². The summed E-state index contributed by atoms with van der Waals surface area (Å²) in [5.41, 5.74) is 1.97. The molecule has 1 saturated heterocycles. The predicted octanol–water partition coefficient (Wildman–Crippen LogP) is 2.47. The highest BCUT2D eigenvalue weighted by atomic mass is 32.2. The van der Waals surface area contributed by atoms with Crippen molar-refractivity contribution < 1.29 is 22.7 Å².